The predicted octanol–water partition coefficient (Wildman–Crippen LogP) is 1.89. The molecule has 1 fully saturated rings. The summed E-state index contributed by atoms with van der Waals surface area (Å²) in [6.45, 7) is 0.438. The second kappa shape index (κ2) is 5.21. The van der Waals surface area contributed by atoms with Crippen molar-refractivity contribution >= 4 is 21.5 Å². The van der Waals surface area contributed by atoms with Crippen LogP contribution in [0.4, 0.5) is 18.9 Å². The number of sulfone groups is 1. The van der Waals surface area contributed by atoms with Crippen molar-refractivity contribution in [2.75, 3.05) is 18.0 Å². The van der Waals surface area contributed by atoms with Crippen molar-refractivity contribution in [2.24, 2.45) is 5.92 Å². The van der Waals surface area contributed by atoms with Crippen LogP contribution in [0, 0.1) is 5.92 Å². The highest BCUT2D eigenvalue weighted by Crippen LogP contribution is 2.38. The molecule has 0 saturated carbocycles. The van der Waals surface area contributed by atoms with E-state index in [0.717, 1.165) is 6.07 Å². The highest BCUT2D eigenvalue weighted by Gasteiger charge is 2.48. The van der Waals surface area contributed by atoms with Crippen LogP contribution in [0.5, 0.6) is 0 Å². The van der Waals surface area contributed by atoms with Crippen LogP contribution >= 0.6 is 0 Å². The molecule has 5 nitrogen and oxygen atoms in total. The fourth-order valence-electron chi connectivity index (χ4n) is 2.21. The van der Waals surface area contributed by atoms with Crippen molar-refractivity contribution in [3.8, 4) is 0 Å². The quantitative estimate of drug-likeness (QED) is 0.916. The molecule has 0 bridgehead atoms. The van der Waals surface area contributed by atoms with Gasteiger partial charge >= 0.3 is 11.5 Å². The molecule has 0 unspecified atom stereocenters. The largest absolute Gasteiger partial charge is 0.501 e. The number of para-hydroxylation sites is 1. The first-order valence-corrected chi connectivity index (χ1v) is 7.48. The molecular weight excluding hydrogens is 311 g/mol. The Balaban J connectivity index is 2.27. The average Bonchev–Trinajstić information content (AvgIpc) is 2.31. The average molecular weight is 323 g/mol. The molecule has 0 radical (unpaired) electrons. The number of aliphatic carboxylic acids is 1. The molecule has 1 saturated heterocycles. The molecule has 1 aliphatic heterocycles. The van der Waals surface area contributed by atoms with Gasteiger partial charge in [-0.05, 0) is 12.1 Å². The molecule has 2 rings (SSSR count). The van der Waals surface area contributed by atoms with Crippen LogP contribution in [-0.2, 0) is 14.6 Å². The van der Waals surface area contributed by atoms with E-state index in [-0.39, 0.29) is 31.1 Å². The van der Waals surface area contributed by atoms with Crippen LogP contribution < -0.4 is 4.90 Å². The van der Waals surface area contributed by atoms with Gasteiger partial charge in [-0.3, -0.25) is 4.79 Å². The van der Waals surface area contributed by atoms with Gasteiger partial charge in [-0.1, -0.05) is 12.1 Å². The zero-order chi connectivity index (χ0) is 15.8. The zero-order valence-electron chi connectivity index (χ0n) is 10.7. The van der Waals surface area contributed by atoms with E-state index in [0.29, 0.717) is 0 Å². The summed E-state index contributed by atoms with van der Waals surface area (Å²) in [6.07, 6.45) is -0.0926. The third-order valence-corrected chi connectivity index (χ3v) is 4.75. The Hall–Kier alpha value is -1.77. The Morgan fingerprint density at radius 3 is 2.38 bits per heavy atom. The van der Waals surface area contributed by atoms with Crippen molar-refractivity contribution in [2.45, 2.75) is 16.8 Å². The Morgan fingerprint density at radius 2 is 1.86 bits per heavy atom. The van der Waals surface area contributed by atoms with Crippen LogP contribution in [0.15, 0.2) is 29.2 Å². The van der Waals surface area contributed by atoms with E-state index in [4.69, 9.17) is 5.11 Å². The fourth-order valence-corrected chi connectivity index (χ4v) is 3.19. The number of anilines is 1. The molecule has 21 heavy (non-hydrogen) atoms. The number of rotatable bonds is 4. The lowest BCUT2D eigenvalue weighted by atomic mass is 9.96. The molecule has 1 aromatic carbocycles. The maximum Gasteiger partial charge on any atom is 0.501 e. The molecule has 1 N–H and O–H groups in total. The molecule has 0 spiro atoms. The number of nitrogens with zero attached hydrogens (tertiary/aromatic N) is 1. The van der Waals surface area contributed by atoms with Gasteiger partial charge in [0.15, 0.2) is 0 Å². The Labute approximate surface area is 118 Å². The standard InChI is InChI=1S/C12H12F3NO4S/c13-12(14,15)21(19,20)10-4-2-1-3-9(10)16-6-8(7-16)5-11(17)18/h1-4,8H,5-7H2,(H,17,18). The van der Waals surface area contributed by atoms with Crippen molar-refractivity contribution in [3.63, 3.8) is 0 Å². The van der Waals surface area contributed by atoms with Gasteiger partial charge in [0, 0.05) is 19.0 Å². The lowest BCUT2D eigenvalue weighted by molar-refractivity contribution is -0.138. The number of hydrogen-bond acceptors (Lipinski definition) is 4. The van der Waals surface area contributed by atoms with Crippen LogP contribution in [-0.4, -0.2) is 38.1 Å². The van der Waals surface area contributed by atoms with Crippen molar-refractivity contribution in [3.05, 3.63) is 24.3 Å². The van der Waals surface area contributed by atoms with Crippen LogP contribution in [0.3, 0.4) is 0 Å². The minimum absolute atomic E-state index is 0.0449. The van der Waals surface area contributed by atoms with Gasteiger partial charge < -0.3 is 10.0 Å². The molecule has 9 heteroatoms. The summed E-state index contributed by atoms with van der Waals surface area (Å²) in [7, 11) is -5.43. The molecule has 1 aliphatic rings. The van der Waals surface area contributed by atoms with E-state index in [1.807, 2.05) is 0 Å². The fraction of sp³-hybridized carbons (Fsp3) is 0.417. The lowest BCUT2D eigenvalue weighted by Crippen LogP contribution is -2.48. The highest BCUT2D eigenvalue weighted by atomic mass is 32.2. The van der Waals surface area contributed by atoms with Crippen LogP contribution in [0.2, 0.25) is 0 Å². The predicted molar refractivity (Wildman–Crippen MR) is 67.6 cm³/mol. The normalized spacial score (nSPS) is 16.6. The van der Waals surface area contributed by atoms with Gasteiger partial charge in [-0.2, -0.15) is 13.2 Å². The smallest absolute Gasteiger partial charge is 0.481 e. The van der Waals surface area contributed by atoms with E-state index in [1.165, 1.54) is 23.1 Å². The summed E-state index contributed by atoms with van der Waals surface area (Å²) >= 11 is 0. The maximum atomic E-state index is 12.6. The third kappa shape index (κ3) is 2.97. The minimum Gasteiger partial charge on any atom is -0.481 e. The number of alkyl halides is 3. The number of hydrogen-bond donors (Lipinski definition) is 1. The Bertz CT molecular complexity index is 651. The molecule has 1 aromatic rings. The summed E-state index contributed by atoms with van der Waals surface area (Å²) < 4.78 is 61.0. The summed E-state index contributed by atoms with van der Waals surface area (Å²) in [4.78, 5) is 11.2. The van der Waals surface area contributed by atoms with Crippen LogP contribution in [0.25, 0.3) is 0 Å². The topological polar surface area (TPSA) is 74.7 Å². The molecule has 0 amide bonds. The number of carbonyl (C=O) groups is 1. The van der Waals surface area contributed by atoms with Gasteiger partial charge in [0.05, 0.1) is 17.0 Å². The van der Waals surface area contributed by atoms with Crippen LogP contribution in [0.1, 0.15) is 6.42 Å². The van der Waals surface area contributed by atoms with Gasteiger partial charge in [-0.15, -0.1) is 0 Å². The van der Waals surface area contributed by atoms with Crippen molar-refractivity contribution < 1.29 is 31.5 Å². The number of carboxylic acids is 1. The number of benzene rings is 1. The van der Waals surface area contributed by atoms with Crippen molar-refractivity contribution in [1.82, 2.24) is 0 Å². The second-order valence-electron chi connectivity index (χ2n) is 4.79. The van der Waals surface area contributed by atoms with E-state index in [9.17, 15) is 26.4 Å². The molecule has 0 aliphatic carbocycles. The van der Waals surface area contributed by atoms with E-state index < -0.39 is 26.2 Å². The van der Waals surface area contributed by atoms with E-state index in [2.05, 4.69) is 0 Å². The summed E-state index contributed by atoms with van der Waals surface area (Å²) in [6, 6.07) is 4.85. The van der Waals surface area contributed by atoms with Gasteiger partial charge in [0.1, 0.15) is 0 Å². The zero-order valence-corrected chi connectivity index (χ0v) is 11.5. The minimum atomic E-state index is -5.43. The molecule has 0 aromatic heterocycles. The maximum absolute atomic E-state index is 12.6. The first-order chi connectivity index (χ1) is 9.63. The first kappa shape index (κ1) is 15.6. The Morgan fingerprint density at radius 1 is 1.29 bits per heavy atom. The lowest BCUT2D eigenvalue weighted by Gasteiger charge is -2.41. The third-order valence-electron chi connectivity index (χ3n) is 3.22. The van der Waals surface area contributed by atoms with Gasteiger partial charge in [-0.25, -0.2) is 8.42 Å². The SMILES string of the molecule is O=C(O)CC1CN(c2ccccc2S(=O)(=O)C(F)(F)F)C1. The molecule has 116 valence electrons. The molecular formula is C12H12F3NO4S. The summed E-state index contributed by atoms with van der Waals surface area (Å²) in [5.41, 5.74) is -5.41. The van der Waals surface area contributed by atoms with Gasteiger partial charge in [0.2, 0.25) is 0 Å². The highest BCUT2D eigenvalue weighted by molar-refractivity contribution is 7.92. The second-order valence-corrected chi connectivity index (χ2v) is 6.70. The summed E-state index contributed by atoms with van der Waals surface area (Å²) in [5.74, 6) is -1.18. The Kier molecular flexibility index (Phi) is 3.87. The number of carboxylic acid groups (broad SMARTS) is 1. The molecule has 1 heterocycles. The summed E-state index contributed by atoms with van der Waals surface area (Å²) in [5, 5.41) is 8.63. The molecule has 0 atom stereocenters. The van der Waals surface area contributed by atoms with E-state index in [1.54, 1.807) is 0 Å². The van der Waals surface area contributed by atoms with E-state index >= 15 is 0 Å². The van der Waals surface area contributed by atoms with Crippen molar-refractivity contribution in [1.29, 1.82) is 0 Å². The monoisotopic (exact) mass is 323 g/mol. The number of halogens is 3. The van der Waals surface area contributed by atoms with Gasteiger partial charge in [0.25, 0.3) is 9.84 Å². The first-order valence-electron chi connectivity index (χ1n) is 6.00.